The second-order valence-electron chi connectivity index (χ2n) is 20.9. The third-order valence-corrected chi connectivity index (χ3v) is 15.6. The van der Waals surface area contributed by atoms with Gasteiger partial charge in [0, 0.05) is 50.9 Å². The molecule has 0 fully saturated rings. The lowest BCUT2D eigenvalue weighted by Crippen LogP contribution is -2.62. The lowest BCUT2D eigenvalue weighted by molar-refractivity contribution is 0.332. The molecule has 2 aliphatic heterocycles. The van der Waals surface area contributed by atoms with Gasteiger partial charge < -0.3 is 19.1 Å². The van der Waals surface area contributed by atoms with E-state index in [1.54, 1.807) is 0 Å². The number of aryl methyl sites for hydroxylation is 2. The van der Waals surface area contributed by atoms with E-state index >= 15 is 0 Å². The molecule has 9 aromatic carbocycles. The zero-order valence-electron chi connectivity index (χ0n) is 40.2. The van der Waals surface area contributed by atoms with Crippen molar-refractivity contribution in [3.05, 3.63) is 216 Å². The Labute approximate surface area is 406 Å². The summed E-state index contributed by atoms with van der Waals surface area (Å²) in [7, 11) is 0. The summed E-state index contributed by atoms with van der Waals surface area (Å²) in [5, 5.41) is 2.23. The summed E-state index contributed by atoms with van der Waals surface area (Å²) in [5.74, 6) is 0. The summed E-state index contributed by atoms with van der Waals surface area (Å²) in [4.78, 5) is 7.59. The highest BCUT2D eigenvalue weighted by atomic mass is 16.3. The molecule has 0 saturated carbocycles. The summed E-state index contributed by atoms with van der Waals surface area (Å²) in [6, 6.07) is 71.9. The molecule has 0 unspecified atom stereocenters. The van der Waals surface area contributed by atoms with Crippen molar-refractivity contribution in [1.82, 2.24) is 0 Å². The highest BCUT2D eigenvalue weighted by Gasteiger charge is 2.47. The Kier molecular flexibility index (Phi) is 9.24. The minimum Gasteiger partial charge on any atom is -0.456 e. The second-order valence-corrected chi connectivity index (χ2v) is 20.9. The standard InChI is InChI=1S/C64H54BN3O/c1-41-35-57-62-58(36-41)68(55-26-18-28-60-61(55)48-25-16-17-27-59(48)69-60)54-32-30-47(66(45-21-12-8-13-22-45)46-23-14-9-15-24-46)38-51(54)65(62)52-39-49-50(64(5,6)34-33-63(49,3)4)40-56(52)67(57)53-31-29-44(37-42(53)2)43-19-10-7-11-20-43/h7-32,35-40H,33-34H2,1-6H3. The molecule has 0 N–H and O–H groups in total. The van der Waals surface area contributed by atoms with E-state index in [1.807, 2.05) is 0 Å². The first-order valence-electron chi connectivity index (χ1n) is 24.6. The first-order valence-corrected chi connectivity index (χ1v) is 24.6. The normalized spacial score (nSPS) is 15.1. The van der Waals surface area contributed by atoms with Gasteiger partial charge in [0.05, 0.1) is 11.1 Å². The van der Waals surface area contributed by atoms with Crippen molar-refractivity contribution >= 4 is 96.2 Å². The van der Waals surface area contributed by atoms with Crippen molar-refractivity contribution in [1.29, 1.82) is 0 Å². The van der Waals surface area contributed by atoms with E-state index in [4.69, 9.17) is 4.42 Å². The molecule has 0 spiro atoms. The van der Waals surface area contributed by atoms with Gasteiger partial charge in [-0.2, -0.15) is 0 Å². The fraction of sp³-hybridized carbons (Fsp3) is 0.156. The third kappa shape index (κ3) is 6.43. The van der Waals surface area contributed by atoms with Gasteiger partial charge in [-0.3, -0.25) is 0 Å². The van der Waals surface area contributed by atoms with E-state index in [1.165, 1.54) is 78.2 Å². The predicted molar refractivity (Wildman–Crippen MR) is 293 cm³/mol. The van der Waals surface area contributed by atoms with Crippen LogP contribution in [-0.4, -0.2) is 6.71 Å². The number of hydrogen-bond acceptors (Lipinski definition) is 4. The summed E-state index contributed by atoms with van der Waals surface area (Å²) in [6.45, 7) is 14.3. The van der Waals surface area contributed by atoms with Crippen LogP contribution in [0.1, 0.15) is 62.8 Å². The largest absolute Gasteiger partial charge is 0.456 e. The van der Waals surface area contributed by atoms with E-state index in [0.29, 0.717) is 0 Å². The molecule has 10 aromatic rings. The third-order valence-electron chi connectivity index (χ3n) is 15.6. The van der Waals surface area contributed by atoms with Crippen molar-refractivity contribution in [3.63, 3.8) is 0 Å². The fourth-order valence-electron chi connectivity index (χ4n) is 12.1. The monoisotopic (exact) mass is 891 g/mol. The number of furan rings is 1. The van der Waals surface area contributed by atoms with Crippen molar-refractivity contribution < 1.29 is 4.42 Å². The Morgan fingerprint density at radius 3 is 1.71 bits per heavy atom. The number of rotatable bonds is 6. The number of benzene rings is 9. The number of nitrogens with zero attached hydrogens (tertiary/aromatic N) is 3. The minimum absolute atomic E-state index is 0.00905. The fourth-order valence-corrected chi connectivity index (χ4v) is 12.1. The zero-order chi connectivity index (χ0) is 46.8. The van der Waals surface area contributed by atoms with Crippen molar-refractivity contribution in [2.24, 2.45) is 0 Å². The zero-order valence-corrected chi connectivity index (χ0v) is 40.2. The van der Waals surface area contributed by atoms with Gasteiger partial charge in [-0.1, -0.05) is 131 Å². The minimum atomic E-state index is -0.0724. The van der Waals surface area contributed by atoms with Gasteiger partial charge in [-0.25, -0.2) is 0 Å². The van der Waals surface area contributed by atoms with Crippen LogP contribution in [0.15, 0.2) is 199 Å². The Morgan fingerprint density at radius 1 is 0.449 bits per heavy atom. The van der Waals surface area contributed by atoms with Crippen LogP contribution in [0.2, 0.25) is 0 Å². The average molecular weight is 892 g/mol. The maximum atomic E-state index is 6.63. The van der Waals surface area contributed by atoms with Crippen LogP contribution < -0.4 is 31.1 Å². The predicted octanol–water partition coefficient (Wildman–Crippen LogP) is 15.8. The molecule has 13 rings (SSSR count). The van der Waals surface area contributed by atoms with Crippen LogP contribution in [0.5, 0.6) is 0 Å². The maximum Gasteiger partial charge on any atom is 0.252 e. The highest BCUT2D eigenvalue weighted by Crippen LogP contribution is 2.52. The van der Waals surface area contributed by atoms with Gasteiger partial charge in [0.2, 0.25) is 0 Å². The summed E-state index contributed by atoms with van der Waals surface area (Å²) in [5.41, 5.74) is 24.1. The Balaban J connectivity index is 1.15. The molecular formula is C64H54BN3O. The summed E-state index contributed by atoms with van der Waals surface area (Å²) < 4.78 is 6.63. The van der Waals surface area contributed by atoms with Crippen LogP contribution in [0.25, 0.3) is 33.1 Å². The SMILES string of the molecule is Cc1cc2c3c(c1)N(c1cccc4oc5ccccc5c14)c1ccc(N(c4ccccc4)c4ccccc4)cc1B3c1cc3c(cc1N2c1ccc(-c2ccccc2)cc1C)C(C)(C)CCC3(C)C. The van der Waals surface area contributed by atoms with Gasteiger partial charge in [0.15, 0.2) is 0 Å². The number of anilines is 9. The van der Waals surface area contributed by atoms with E-state index in [2.05, 4.69) is 250 Å². The van der Waals surface area contributed by atoms with Crippen molar-refractivity contribution in [3.8, 4) is 11.1 Å². The topological polar surface area (TPSA) is 22.9 Å². The molecule has 0 saturated heterocycles. The molecule has 0 atom stereocenters. The molecule has 69 heavy (non-hydrogen) atoms. The second kappa shape index (κ2) is 15.4. The summed E-state index contributed by atoms with van der Waals surface area (Å²) >= 11 is 0. The first-order chi connectivity index (χ1) is 33.5. The van der Waals surface area contributed by atoms with Crippen LogP contribution >= 0.6 is 0 Å². The molecule has 1 aromatic heterocycles. The maximum absolute atomic E-state index is 6.63. The quantitative estimate of drug-likeness (QED) is 0.155. The van der Waals surface area contributed by atoms with Gasteiger partial charge in [0.25, 0.3) is 6.71 Å². The van der Waals surface area contributed by atoms with E-state index < -0.39 is 0 Å². The van der Waals surface area contributed by atoms with E-state index in [-0.39, 0.29) is 17.5 Å². The van der Waals surface area contributed by atoms with Crippen LogP contribution in [0, 0.1) is 13.8 Å². The average Bonchev–Trinajstić information content (AvgIpc) is 3.76. The van der Waals surface area contributed by atoms with Crippen LogP contribution in [-0.2, 0) is 10.8 Å². The number of fused-ring (bicyclic) bond motifs is 8. The molecule has 5 heteroatoms. The molecule has 3 heterocycles. The molecule has 3 aliphatic rings. The highest BCUT2D eigenvalue weighted by molar-refractivity contribution is 7.00. The van der Waals surface area contributed by atoms with Gasteiger partial charge >= 0.3 is 0 Å². The first kappa shape index (κ1) is 41.4. The number of para-hydroxylation sites is 3. The van der Waals surface area contributed by atoms with Gasteiger partial charge in [-0.05, 0) is 178 Å². The molecule has 0 amide bonds. The van der Waals surface area contributed by atoms with Crippen molar-refractivity contribution in [2.75, 3.05) is 14.7 Å². The lowest BCUT2D eigenvalue weighted by Gasteiger charge is -2.48. The number of hydrogen-bond donors (Lipinski definition) is 0. The Morgan fingerprint density at radius 2 is 1.03 bits per heavy atom. The molecular weight excluding hydrogens is 838 g/mol. The summed E-state index contributed by atoms with van der Waals surface area (Å²) in [6.07, 6.45) is 2.28. The lowest BCUT2D eigenvalue weighted by atomic mass is 9.33. The van der Waals surface area contributed by atoms with Gasteiger partial charge in [-0.15, -0.1) is 0 Å². The molecule has 0 bridgehead atoms. The van der Waals surface area contributed by atoms with Gasteiger partial charge in [0.1, 0.15) is 11.2 Å². The molecule has 334 valence electrons. The Bertz CT molecular complexity index is 3630. The molecule has 1 aliphatic carbocycles. The van der Waals surface area contributed by atoms with Crippen LogP contribution in [0.3, 0.4) is 0 Å². The van der Waals surface area contributed by atoms with E-state index in [0.717, 1.165) is 57.5 Å². The van der Waals surface area contributed by atoms with Crippen LogP contribution in [0.4, 0.5) is 51.2 Å². The smallest absolute Gasteiger partial charge is 0.252 e. The Hall–Kier alpha value is -7.76. The van der Waals surface area contributed by atoms with E-state index in [9.17, 15) is 0 Å². The molecule has 4 nitrogen and oxygen atoms in total. The molecule has 0 radical (unpaired) electrons. The van der Waals surface area contributed by atoms with Crippen molar-refractivity contribution in [2.45, 2.75) is 65.2 Å².